The van der Waals surface area contributed by atoms with E-state index in [-0.39, 0.29) is 11.6 Å². The highest BCUT2D eigenvalue weighted by atomic mass is 79.9. The second-order valence-electron chi connectivity index (χ2n) is 3.83. The van der Waals surface area contributed by atoms with Crippen molar-refractivity contribution in [3.05, 3.63) is 22.6 Å². The fourth-order valence-corrected chi connectivity index (χ4v) is 1.97. The van der Waals surface area contributed by atoms with Crippen LogP contribution in [0.3, 0.4) is 0 Å². The van der Waals surface area contributed by atoms with Crippen molar-refractivity contribution in [3.63, 3.8) is 0 Å². The average molecular weight is 318 g/mol. The lowest BCUT2D eigenvalue weighted by atomic mass is 9.91. The first-order valence-corrected chi connectivity index (χ1v) is 6.34. The second kappa shape index (κ2) is 5.90. The number of amides is 1. The van der Waals surface area contributed by atoms with Crippen molar-refractivity contribution in [3.8, 4) is 0 Å². The lowest BCUT2D eigenvalue weighted by Crippen LogP contribution is -2.56. The number of carbonyl (C=O) groups is 1. The zero-order valence-electron chi connectivity index (χ0n) is 10.2. The van der Waals surface area contributed by atoms with Gasteiger partial charge in [0.05, 0.1) is 0 Å². The van der Waals surface area contributed by atoms with Crippen LogP contribution in [0.15, 0.2) is 26.4 Å². The molecule has 0 atom stereocenters. The van der Waals surface area contributed by atoms with E-state index in [2.05, 4.69) is 26.4 Å². The van der Waals surface area contributed by atoms with Gasteiger partial charge in [-0.1, -0.05) is 19.0 Å². The van der Waals surface area contributed by atoms with E-state index in [9.17, 15) is 4.79 Å². The summed E-state index contributed by atoms with van der Waals surface area (Å²) in [7, 11) is 0. The third kappa shape index (κ3) is 2.84. The van der Waals surface area contributed by atoms with Crippen molar-refractivity contribution in [2.45, 2.75) is 32.2 Å². The van der Waals surface area contributed by atoms with Crippen LogP contribution in [0.25, 0.3) is 0 Å². The van der Waals surface area contributed by atoms with Gasteiger partial charge in [0.2, 0.25) is 0 Å². The van der Waals surface area contributed by atoms with E-state index in [0.717, 1.165) is 0 Å². The summed E-state index contributed by atoms with van der Waals surface area (Å²) in [5.41, 5.74) is 4.78. The van der Waals surface area contributed by atoms with E-state index in [0.29, 0.717) is 17.5 Å². The van der Waals surface area contributed by atoms with Crippen LogP contribution in [0.5, 0.6) is 0 Å². The summed E-state index contributed by atoms with van der Waals surface area (Å²) < 4.78 is 5.62. The normalized spacial score (nSPS) is 12.5. The summed E-state index contributed by atoms with van der Waals surface area (Å²) in [5, 5.41) is 14.5. The van der Waals surface area contributed by atoms with Gasteiger partial charge in [0, 0.05) is 0 Å². The smallest absolute Gasteiger partial charge is 0.287 e. The fraction of sp³-hybridized carbons (Fsp3) is 0.455. The number of rotatable bonds is 5. The van der Waals surface area contributed by atoms with Crippen LogP contribution in [-0.2, 0) is 0 Å². The molecule has 6 nitrogen and oxygen atoms in total. The predicted molar refractivity (Wildman–Crippen MR) is 70.6 cm³/mol. The van der Waals surface area contributed by atoms with Gasteiger partial charge in [-0.05, 0) is 40.9 Å². The summed E-state index contributed by atoms with van der Waals surface area (Å²) in [6.07, 6.45) is 1.01. The standard InChI is InChI=1S/C11H16BrN3O3/c1-3-11(4-2,10(13)15-17)14-9(16)7-5-6-8(12)18-7/h5-6,17H,3-4H2,1-2H3,(H2,13,15)(H,14,16). The molecule has 0 aromatic carbocycles. The van der Waals surface area contributed by atoms with E-state index < -0.39 is 11.4 Å². The fourth-order valence-electron chi connectivity index (χ4n) is 1.66. The van der Waals surface area contributed by atoms with Gasteiger partial charge in [-0.3, -0.25) is 4.79 Å². The van der Waals surface area contributed by atoms with Crippen molar-refractivity contribution in [2.75, 3.05) is 0 Å². The molecular weight excluding hydrogens is 302 g/mol. The molecule has 7 heteroatoms. The number of carbonyl (C=O) groups excluding carboxylic acids is 1. The maximum atomic E-state index is 12.0. The van der Waals surface area contributed by atoms with Crippen LogP contribution in [0, 0.1) is 0 Å². The van der Waals surface area contributed by atoms with Crippen LogP contribution in [-0.4, -0.2) is 22.5 Å². The maximum absolute atomic E-state index is 12.0. The molecule has 18 heavy (non-hydrogen) atoms. The molecule has 0 unspecified atom stereocenters. The summed E-state index contributed by atoms with van der Waals surface area (Å²) in [4.78, 5) is 12.0. The zero-order valence-corrected chi connectivity index (χ0v) is 11.8. The molecule has 0 saturated heterocycles. The lowest BCUT2D eigenvalue weighted by Gasteiger charge is -2.30. The Morgan fingerprint density at radius 2 is 2.17 bits per heavy atom. The molecule has 4 N–H and O–H groups in total. The van der Waals surface area contributed by atoms with E-state index in [1.165, 1.54) is 0 Å². The molecule has 1 amide bonds. The first-order valence-electron chi connectivity index (χ1n) is 5.55. The predicted octanol–water partition coefficient (Wildman–Crippen LogP) is 2.08. The molecule has 100 valence electrons. The van der Waals surface area contributed by atoms with Crippen LogP contribution in [0.4, 0.5) is 0 Å². The van der Waals surface area contributed by atoms with Crippen LogP contribution >= 0.6 is 15.9 Å². The van der Waals surface area contributed by atoms with E-state index in [1.54, 1.807) is 12.1 Å². The van der Waals surface area contributed by atoms with Crippen LogP contribution in [0.1, 0.15) is 37.2 Å². The number of oxime groups is 1. The molecule has 0 aliphatic carbocycles. The first kappa shape index (κ1) is 14.6. The minimum atomic E-state index is -0.870. The number of amidine groups is 1. The molecule has 0 spiro atoms. The number of nitrogens with zero attached hydrogens (tertiary/aromatic N) is 1. The van der Waals surface area contributed by atoms with Crippen molar-refractivity contribution in [1.82, 2.24) is 5.32 Å². The van der Waals surface area contributed by atoms with Crippen molar-refractivity contribution < 1.29 is 14.4 Å². The Morgan fingerprint density at radius 1 is 1.56 bits per heavy atom. The summed E-state index contributed by atoms with van der Waals surface area (Å²) >= 11 is 3.12. The topological polar surface area (TPSA) is 101 Å². The molecule has 0 bridgehead atoms. The highest BCUT2D eigenvalue weighted by Crippen LogP contribution is 2.19. The number of hydrogen-bond acceptors (Lipinski definition) is 4. The highest BCUT2D eigenvalue weighted by Gasteiger charge is 2.34. The number of nitrogens with one attached hydrogen (secondary N) is 1. The molecule has 1 rings (SSSR count). The third-order valence-corrected chi connectivity index (χ3v) is 3.38. The van der Waals surface area contributed by atoms with Gasteiger partial charge >= 0.3 is 0 Å². The molecule has 1 aromatic rings. The molecule has 1 aromatic heterocycles. The van der Waals surface area contributed by atoms with Gasteiger partial charge in [-0.15, -0.1) is 0 Å². The second-order valence-corrected chi connectivity index (χ2v) is 4.61. The van der Waals surface area contributed by atoms with Crippen molar-refractivity contribution in [1.29, 1.82) is 0 Å². The van der Waals surface area contributed by atoms with Gasteiger partial charge in [-0.25, -0.2) is 0 Å². The number of hydrogen-bond donors (Lipinski definition) is 3. The average Bonchev–Trinajstić information content (AvgIpc) is 2.81. The number of halogens is 1. The first-order chi connectivity index (χ1) is 8.49. The Morgan fingerprint density at radius 3 is 2.56 bits per heavy atom. The zero-order chi connectivity index (χ0) is 13.8. The Bertz CT molecular complexity index is 452. The van der Waals surface area contributed by atoms with Crippen LogP contribution < -0.4 is 11.1 Å². The molecular formula is C11H16BrN3O3. The number of nitrogens with two attached hydrogens (primary N) is 1. The van der Waals surface area contributed by atoms with E-state index in [1.807, 2.05) is 13.8 Å². The molecule has 0 aliphatic heterocycles. The van der Waals surface area contributed by atoms with Crippen molar-refractivity contribution >= 4 is 27.7 Å². The Hall–Kier alpha value is -1.50. The van der Waals surface area contributed by atoms with Gasteiger partial charge < -0.3 is 20.7 Å². The third-order valence-electron chi connectivity index (χ3n) is 2.95. The lowest BCUT2D eigenvalue weighted by molar-refractivity contribution is 0.0888. The molecule has 1 heterocycles. The minimum absolute atomic E-state index is 0.0218. The van der Waals surface area contributed by atoms with Gasteiger partial charge in [0.1, 0.15) is 5.54 Å². The molecule has 0 aliphatic rings. The largest absolute Gasteiger partial charge is 0.444 e. The summed E-state index contributed by atoms with van der Waals surface area (Å²) in [6, 6.07) is 3.17. The van der Waals surface area contributed by atoms with Gasteiger partial charge in [0.15, 0.2) is 16.3 Å². The molecule has 0 radical (unpaired) electrons. The van der Waals surface area contributed by atoms with E-state index in [4.69, 9.17) is 15.4 Å². The number of furan rings is 1. The minimum Gasteiger partial charge on any atom is -0.444 e. The SMILES string of the molecule is CCC(CC)(NC(=O)c1ccc(Br)o1)/C(N)=N/O. The summed E-state index contributed by atoms with van der Waals surface area (Å²) in [6.45, 7) is 3.69. The Labute approximate surface area is 113 Å². The van der Waals surface area contributed by atoms with Crippen LogP contribution in [0.2, 0.25) is 0 Å². The maximum Gasteiger partial charge on any atom is 0.287 e. The monoisotopic (exact) mass is 317 g/mol. The van der Waals surface area contributed by atoms with Gasteiger partial charge in [-0.2, -0.15) is 0 Å². The Balaban J connectivity index is 2.95. The quantitative estimate of drug-likeness (QED) is 0.335. The Kier molecular flexibility index (Phi) is 4.77. The molecule has 0 fully saturated rings. The van der Waals surface area contributed by atoms with Gasteiger partial charge in [0.25, 0.3) is 5.91 Å². The highest BCUT2D eigenvalue weighted by molar-refractivity contribution is 9.10. The molecule has 0 saturated carbocycles. The summed E-state index contributed by atoms with van der Waals surface area (Å²) in [5.74, 6) is -0.263. The van der Waals surface area contributed by atoms with Crippen molar-refractivity contribution in [2.24, 2.45) is 10.9 Å². The van der Waals surface area contributed by atoms with E-state index >= 15 is 0 Å².